The van der Waals surface area contributed by atoms with Gasteiger partial charge in [0.2, 0.25) is 5.60 Å². The first kappa shape index (κ1) is 21.9. The van der Waals surface area contributed by atoms with Gasteiger partial charge in [0.1, 0.15) is 6.10 Å². The quantitative estimate of drug-likeness (QED) is 0.402. The van der Waals surface area contributed by atoms with E-state index in [1.54, 1.807) is 32.0 Å². The van der Waals surface area contributed by atoms with Crippen molar-refractivity contribution in [1.29, 1.82) is 0 Å². The molecule has 0 bridgehead atoms. The van der Waals surface area contributed by atoms with E-state index in [4.69, 9.17) is 9.47 Å². The van der Waals surface area contributed by atoms with Gasteiger partial charge in [0.15, 0.2) is 0 Å². The van der Waals surface area contributed by atoms with Crippen LogP contribution in [0.2, 0.25) is 0 Å². The van der Waals surface area contributed by atoms with E-state index in [0.717, 1.165) is 25.3 Å². The van der Waals surface area contributed by atoms with Crippen LogP contribution in [-0.2, 0) is 19.9 Å². The third-order valence-electron chi connectivity index (χ3n) is 4.21. The molecule has 0 aromatic heterocycles. The maximum Gasteiger partial charge on any atom is 0.346 e. The number of aliphatic hydroxyl groups is 1. The number of hydrogen-bond acceptors (Lipinski definition) is 8. The third-order valence-corrected chi connectivity index (χ3v) is 4.21. The normalized spacial score (nSPS) is 14.1. The first-order chi connectivity index (χ1) is 13.6. The number of non-ortho nitro benzene ring substituents is 1. The van der Waals surface area contributed by atoms with Crippen LogP contribution in [0.1, 0.15) is 31.1 Å². The summed E-state index contributed by atoms with van der Waals surface area (Å²) in [5.74, 6) is -0.974. The molecule has 0 fully saturated rings. The number of esters is 1. The highest BCUT2D eigenvalue weighted by molar-refractivity contribution is 5.83. The predicted molar refractivity (Wildman–Crippen MR) is 101 cm³/mol. The Morgan fingerprint density at radius 2 is 1.69 bits per heavy atom. The van der Waals surface area contributed by atoms with Gasteiger partial charge in [-0.2, -0.15) is 0 Å². The molecule has 0 saturated heterocycles. The van der Waals surface area contributed by atoms with E-state index in [0.29, 0.717) is 0 Å². The van der Waals surface area contributed by atoms with E-state index in [-0.39, 0.29) is 11.1 Å². The summed E-state index contributed by atoms with van der Waals surface area (Å²) < 4.78 is 10.7. The van der Waals surface area contributed by atoms with Crippen molar-refractivity contribution in [3.8, 4) is 0 Å². The van der Waals surface area contributed by atoms with Gasteiger partial charge in [0.25, 0.3) is 11.4 Å². The van der Waals surface area contributed by atoms with Crippen LogP contribution in [0, 0.1) is 20.2 Å². The Kier molecular flexibility index (Phi) is 6.62. The summed E-state index contributed by atoms with van der Waals surface area (Å²) in [5, 5.41) is 33.7. The number of carbonyl (C=O) groups is 1. The summed E-state index contributed by atoms with van der Waals surface area (Å²) in [5.41, 5.74) is -3.49. The summed E-state index contributed by atoms with van der Waals surface area (Å²) in [4.78, 5) is 33.7. The van der Waals surface area contributed by atoms with Crippen molar-refractivity contribution in [2.75, 3.05) is 7.11 Å². The van der Waals surface area contributed by atoms with Crippen LogP contribution < -0.4 is 0 Å². The number of nitro benzene ring substituents is 2. The largest absolute Gasteiger partial charge is 0.467 e. The monoisotopic (exact) mass is 404 g/mol. The van der Waals surface area contributed by atoms with E-state index < -0.39 is 45.0 Å². The number of methoxy groups -OCH3 is 1. The minimum Gasteiger partial charge on any atom is -0.467 e. The first-order valence-corrected chi connectivity index (χ1v) is 8.57. The molecule has 2 aromatic rings. The summed E-state index contributed by atoms with van der Waals surface area (Å²) in [6, 6.07) is 10.7. The molecule has 0 unspecified atom stereocenters. The fraction of sp³-hybridized carbons (Fsp3) is 0.316. The number of ether oxygens (including phenoxy) is 2. The fourth-order valence-corrected chi connectivity index (χ4v) is 3.03. The zero-order valence-electron chi connectivity index (χ0n) is 16.0. The van der Waals surface area contributed by atoms with Crippen LogP contribution in [0.25, 0.3) is 0 Å². The molecule has 0 aliphatic heterocycles. The first-order valence-electron chi connectivity index (χ1n) is 8.57. The van der Waals surface area contributed by atoms with Crippen LogP contribution in [0.4, 0.5) is 11.4 Å². The van der Waals surface area contributed by atoms with Crippen molar-refractivity contribution < 1.29 is 29.2 Å². The number of aliphatic hydroxyl groups excluding tert-OH is 1. The van der Waals surface area contributed by atoms with Gasteiger partial charge in [-0.1, -0.05) is 30.3 Å². The van der Waals surface area contributed by atoms with Crippen LogP contribution in [0.5, 0.6) is 0 Å². The molecule has 154 valence electrons. The SMILES string of the molecule is COC(=O)[C@](OC(C)C)(c1ccccc1)[C@H](O)c1ccc([N+](=O)[O-])cc1[N+](=O)[O-]. The molecule has 1 N–H and O–H groups in total. The minimum absolute atomic E-state index is 0.209. The maximum atomic E-state index is 12.9. The predicted octanol–water partition coefficient (Wildman–Crippen LogP) is 3.03. The van der Waals surface area contributed by atoms with E-state index in [1.807, 2.05) is 0 Å². The van der Waals surface area contributed by atoms with Crippen LogP contribution >= 0.6 is 0 Å². The Balaban J connectivity index is 2.79. The number of nitro groups is 2. The third kappa shape index (κ3) is 4.23. The topological polar surface area (TPSA) is 142 Å². The molecule has 0 saturated carbocycles. The standard InChI is InChI=1S/C19H20N2O8/c1-12(2)29-19(18(23)28-3,13-7-5-4-6-8-13)17(22)15-10-9-14(20(24)25)11-16(15)21(26)27/h4-12,17,22H,1-3H3/t17-,19+/m1/s1. The molecule has 10 nitrogen and oxygen atoms in total. The zero-order chi connectivity index (χ0) is 21.8. The second-order valence-electron chi connectivity index (χ2n) is 6.42. The molecule has 29 heavy (non-hydrogen) atoms. The summed E-state index contributed by atoms with van der Waals surface area (Å²) >= 11 is 0. The van der Waals surface area contributed by atoms with Gasteiger partial charge in [-0.05, 0) is 25.5 Å². The van der Waals surface area contributed by atoms with Crippen molar-refractivity contribution in [2.45, 2.75) is 31.7 Å². The Hall–Kier alpha value is -3.37. The Morgan fingerprint density at radius 1 is 1.07 bits per heavy atom. The molecule has 0 aliphatic rings. The Bertz CT molecular complexity index is 916. The van der Waals surface area contributed by atoms with Gasteiger partial charge >= 0.3 is 5.97 Å². The van der Waals surface area contributed by atoms with Crippen molar-refractivity contribution in [2.24, 2.45) is 0 Å². The van der Waals surface area contributed by atoms with E-state index >= 15 is 0 Å². The zero-order valence-corrected chi connectivity index (χ0v) is 16.0. The van der Waals surface area contributed by atoms with Crippen molar-refractivity contribution in [1.82, 2.24) is 0 Å². The van der Waals surface area contributed by atoms with E-state index in [2.05, 4.69) is 0 Å². The van der Waals surface area contributed by atoms with E-state index in [9.17, 15) is 30.1 Å². The minimum atomic E-state index is -2.13. The second kappa shape index (κ2) is 8.76. The molecule has 0 spiro atoms. The average molecular weight is 404 g/mol. The lowest BCUT2D eigenvalue weighted by Gasteiger charge is -2.37. The smallest absolute Gasteiger partial charge is 0.346 e. The molecule has 0 amide bonds. The van der Waals surface area contributed by atoms with Crippen molar-refractivity contribution >= 4 is 17.3 Å². The summed E-state index contributed by atoms with van der Waals surface area (Å²) in [6.07, 6.45) is -2.47. The summed E-state index contributed by atoms with van der Waals surface area (Å²) in [6.45, 7) is 3.25. The number of hydrogen-bond donors (Lipinski definition) is 1. The lowest BCUT2D eigenvalue weighted by molar-refractivity contribution is -0.395. The second-order valence-corrected chi connectivity index (χ2v) is 6.42. The lowest BCUT2D eigenvalue weighted by atomic mass is 9.83. The van der Waals surface area contributed by atoms with Crippen molar-refractivity contribution in [3.05, 3.63) is 79.9 Å². The van der Waals surface area contributed by atoms with Crippen LogP contribution in [0.15, 0.2) is 48.5 Å². The number of benzene rings is 2. The Morgan fingerprint density at radius 3 is 2.17 bits per heavy atom. The summed E-state index contributed by atoms with van der Waals surface area (Å²) in [7, 11) is 1.10. The highest BCUT2D eigenvalue weighted by Crippen LogP contribution is 2.44. The Labute approximate surface area is 166 Å². The maximum absolute atomic E-state index is 12.9. The number of nitrogens with zero attached hydrogens (tertiary/aromatic N) is 2. The molecule has 10 heteroatoms. The van der Waals surface area contributed by atoms with Gasteiger partial charge in [-0.25, -0.2) is 4.79 Å². The molecule has 0 radical (unpaired) electrons. The number of rotatable bonds is 8. The molecule has 2 aromatic carbocycles. The van der Waals surface area contributed by atoms with Crippen molar-refractivity contribution in [3.63, 3.8) is 0 Å². The van der Waals surface area contributed by atoms with Gasteiger partial charge in [-0.3, -0.25) is 20.2 Å². The molecule has 2 atom stereocenters. The molecular formula is C19H20N2O8. The average Bonchev–Trinajstić information content (AvgIpc) is 2.70. The van der Waals surface area contributed by atoms with Gasteiger partial charge in [0, 0.05) is 6.07 Å². The molecule has 0 aliphatic carbocycles. The number of carbonyl (C=O) groups excluding carboxylic acids is 1. The van der Waals surface area contributed by atoms with Gasteiger partial charge in [0.05, 0.1) is 34.7 Å². The molecule has 0 heterocycles. The van der Waals surface area contributed by atoms with Crippen LogP contribution in [-0.4, -0.2) is 34.1 Å². The van der Waals surface area contributed by atoms with Gasteiger partial charge < -0.3 is 14.6 Å². The lowest BCUT2D eigenvalue weighted by Crippen LogP contribution is -2.47. The highest BCUT2D eigenvalue weighted by Gasteiger charge is 2.52. The van der Waals surface area contributed by atoms with E-state index in [1.165, 1.54) is 12.1 Å². The highest BCUT2D eigenvalue weighted by atomic mass is 16.6. The van der Waals surface area contributed by atoms with Gasteiger partial charge in [-0.15, -0.1) is 0 Å². The van der Waals surface area contributed by atoms with Crippen LogP contribution in [0.3, 0.4) is 0 Å². The molecule has 2 rings (SSSR count). The molecular weight excluding hydrogens is 384 g/mol. The fourth-order valence-electron chi connectivity index (χ4n) is 3.03.